The summed E-state index contributed by atoms with van der Waals surface area (Å²) in [4.78, 5) is 19.6. The van der Waals surface area contributed by atoms with Crippen LogP contribution in [0.4, 0.5) is 10.5 Å². The summed E-state index contributed by atoms with van der Waals surface area (Å²) in [6.07, 6.45) is 5.18. The molecule has 8 nitrogen and oxygen atoms in total. The minimum Gasteiger partial charge on any atom is -0.444 e. The second kappa shape index (κ2) is 7.57. The van der Waals surface area contributed by atoms with Crippen molar-refractivity contribution in [3.63, 3.8) is 0 Å². The van der Waals surface area contributed by atoms with Gasteiger partial charge in [0.25, 0.3) is 0 Å². The van der Waals surface area contributed by atoms with E-state index in [1.54, 1.807) is 17.2 Å². The van der Waals surface area contributed by atoms with Gasteiger partial charge in [-0.2, -0.15) is 5.10 Å². The van der Waals surface area contributed by atoms with Gasteiger partial charge < -0.3 is 15.4 Å². The topological polar surface area (TPSA) is 94.0 Å². The van der Waals surface area contributed by atoms with Crippen LogP contribution in [0.25, 0.3) is 5.82 Å². The lowest BCUT2D eigenvalue weighted by molar-refractivity contribution is 0.0528. The third kappa shape index (κ3) is 5.93. The highest BCUT2D eigenvalue weighted by molar-refractivity contribution is 5.67. The molecule has 0 saturated heterocycles. The number of pyridine rings is 1. The minimum absolute atomic E-state index is 0.392. The Morgan fingerprint density at radius 3 is 2.74 bits per heavy atom. The second-order valence-corrected chi connectivity index (χ2v) is 5.95. The number of ether oxygens (including phenoxy) is 1. The molecule has 0 fully saturated rings. The van der Waals surface area contributed by atoms with Crippen molar-refractivity contribution in [2.45, 2.75) is 32.8 Å². The maximum atomic E-state index is 11.5. The monoisotopic (exact) mass is 318 g/mol. The number of carbonyl (C=O) groups is 1. The summed E-state index contributed by atoms with van der Waals surface area (Å²) in [5.41, 5.74) is 0.436. The van der Waals surface area contributed by atoms with Gasteiger partial charge in [0.2, 0.25) is 0 Å². The van der Waals surface area contributed by atoms with Gasteiger partial charge in [-0.05, 0) is 39.3 Å². The standard InChI is InChI=1S/C15H22N6O2/c1-15(2,3)23-14(22)18-8-4-7-17-12-5-6-13(19-9-12)21-11-16-10-20-21/h5-6,9-11,17H,4,7-8H2,1-3H3,(H,18,22). The number of rotatable bonds is 6. The second-order valence-electron chi connectivity index (χ2n) is 5.95. The van der Waals surface area contributed by atoms with E-state index in [0.717, 1.165) is 18.7 Å². The normalized spacial score (nSPS) is 11.1. The average molecular weight is 318 g/mol. The molecule has 2 heterocycles. The van der Waals surface area contributed by atoms with Gasteiger partial charge in [0.05, 0.1) is 11.9 Å². The van der Waals surface area contributed by atoms with Gasteiger partial charge in [0.15, 0.2) is 5.82 Å². The molecule has 8 heteroatoms. The van der Waals surface area contributed by atoms with Crippen LogP contribution in [0.3, 0.4) is 0 Å². The maximum absolute atomic E-state index is 11.5. The van der Waals surface area contributed by atoms with E-state index in [0.29, 0.717) is 12.4 Å². The number of anilines is 1. The molecular weight excluding hydrogens is 296 g/mol. The van der Waals surface area contributed by atoms with Gasteiger partial charge in [-0.1, -0.05) is 0 Å². The summed E-state index contributed by atoms with van der Waals surface area (Å²) in [7, 11) is 0. The molecule has 0 spiro atoms. The molecule has 0 aliphatic heterocycles. The predicted octanol–water partition coefficient (Wildman–Crippen LogP) is 1.99. The van der Waals surface area contributed by atoms with E-state index in [1.807, 2.05) is 32.9 Å². The van der Waals surface area contributed by atoms with Crippen molar-refractivity contribution in [1.82, 2.24) is 25.1 Å². The Morgan fingerprint density at radius 2 is 2.13 bits per heavy atom. The summed E-state index contributed by atoms with van der Waals surface area (Å²) >= 11 is 0. The molecule has 0 saturated carbocycles. The van der Waals surface area contributed by atoms with Crippen LogP contribution in [0.2, 0.25) is 0 Å². The van der Waals surface area contributed by atoms with Crippen LogP contribution >= 0.6 is 0 Å². The lowest BCUT2D eigenvalue weighted by atomic mass is 10.2. The molecule has 0 atom stereocenters. The van der Waals surface area contributed by atoms with Crippen molar-refractivity contribution in [2.75, 3.05) is 18.4 Å². The van der Waals surface area contributed by atoms with Crippen molar-refractivity contribution in [3.8, 4) is 5.82 Å². The number of nitrogens with one attached hydrogen (secondary N) is 2. The number of nitrogens with zero attached hydrogens (tertiary/aromatic N) is 4. The first-order valence-corrected chi connectivity index (χ1v) is 7.46. The van der Waals surface area contributed by atoms with E-state index in [4.69, 9.17) is 4.74 Å². The molecule has 1 amide bonds. The number of aromatic nitrogens is 4. The van der Waals surface area contributed by atoms with Crippen molar-refractivity contribution >= 4 is 11.8 Å². The zero-order chi connectivity index (χ0) is 16.7. The predicted molar refractivity (Wildman–Crippen MR) is 86.5 cm³/mol. The Balaban J connectivity index is 1.66. The first kappa shape index (κ1) is 16.7. The first-order valence-electron chi connectivity index (χ1n) is 7.46. The Labute approximate surface area is 135 Å². The number of hydrogen-bond donors (Lipinski definition) is 2. The molecular formula is C15H22N6O2. The molecule has 23 heavy (non-hydrogen) atoms. The zero-order valence-corrected chi connectivity index (χ0v) is 13.6. The largest absolute Gasteiger partial charge is 0.444 e. The van der Waals surface area contributed by atoms with E-state index in [2.05, 4.69) is 25.7 Å². The zero-order valence-electron chi connectivity index (χ0n) is 13.6. The van der Waals surface area contributed by atoms with E-state index in [1.165, 1.54) is 6.33 Å². The van der Waals surface area contributed by atoms with Crippen molar-refractivity contribution in [2.24, 2.45) is 0 Å². The molecule has 0 unspecified atom stereocenters. The Morgan fingerprint density at radius 1 is 1.30 bits per heavy atom. The van der Waals surface area contributed by atoms with Gasteiger partial charge in [0, 0.05) is 13.1 Å². The van der Waals surface area contributed by atoms with Crippen LogP contribution in [0.1, 0.15) is 27.2 Å². The Kier molecular flexibility index (Phi) is 5.51. The molecule has 2 N–H and O–H groups in total. The fraction of sp³-hybridized carbons (Fsp3) is 0.467. The van der Waals surface area contributed by atoms with Crippen LogP contribution in [-0.2, 0) is 4.74 Å². The summed E-state index contributed by atoms with van der Waals surface area (Å²) < 4.78 is 6.75. The van der Waals surface area contributed by atoms with Gasteiger partial charge in [-0.15, -0.1) is 0 Å². The average Bonchev–Trinajstić information content (AvgIpc) is 3.00. The molecule has 2 aromatic heterocycles. The molecule has 0 radical (unpaired) electrons. The summed E-state index contributed by atoms with van der Waals surface area (Å²) in [5, 5.41) is 9.97. The molecule has 2 aromatic rings. The number of amides is 1. The van der Waals surface area contributed by atoms with Crippen molar-refractivity contribution < 1.29 is 9.53 Å². The van der Waals surface area contributed by atoms with Crippen LogP contribution < -0.4 is 10.6 Å². The third-order valence-electron chi connectivity index (χ3n) is 2.75. The highest BCUT2D eigenvalue weighted by atomic mass is 16.6. The lowest BCUT2D eigenvalue weighted by Gasteiger charge is -2.19. The summed E-state index contributed by atoms with van der Waals surface area (Å²) in [5.74, 6) is 0.708. The van der Waals surface area contributed by atoms with Crippen LogP contribution in [0.5, 0.6) is 0 Å². The third-order valence-corrected chi connectivity index (χ3v) is 2.75. The Bertz CT molecular complexity index is 604. The Hall–Kier alpha value is -2.64. The van der Waals surface area contributed by atoms with Gasteiger partial charge in [-0.25, -0.2) is 19.4 Å². The first-order chi connectivity index (χ1) is 10.9. The highest BCUT2D eigenvalue weighted by Crippen LogP contribution is 2.08. The van der Waals surface area contributed by atoms with Crippen LogP contribution in [-0.4, -0.2) is 44.5 Å². The van der Waals surface area contributed by atoms with Gasteiger partial charge in [-0.3, -0.25) is 0 Å². The fourth-order valence-electron chi connectivity index (χ4n) is 1.78. The van der Waals surface area contributed by atoms with Crippen molar-refractivity contribution in [1.29, 1.82) is 0 Å². The van der Waals surface area contributed by atoms with Crippen LogP contribution in [0.15, 0.2) is 31.0 Å². The van der Waals surface area contributed by atoms with Crippen LogP contribution in [0, 0.1) is 0 Å². The maximum Gasteiger partial charge on any atom is 0.407 e. The molecule has 2 rings (SSSR count). The van der Waals surface area contributed by atoms with E-state index in [-0.39, 0.29) is 0 Å². The van der Waals surface area contributed by atoms with E-state index >= 15 is 0 Å². The quantitative estimate of drug-likeness (QED) is 0.791. The summed E-state index contributed by atoms with van der Waals surface area (Å²) in [6, 6.07) is 3.78. The number of alkyl carbamates (subject to hydrolysis) is 1. The summed E-state index contributed by atoms with van der Waals surface area (Å²) in [6.45, 7) is 6.78. The molecule has 0 aliphatic carbocycles. The number of carbonyl (C=O) groups excluding carboxylic acids is 1. The van der Waals surface area contributed by atoms with Gasteiger partial charge >= 0.3 is 6.09 Å². The van der Waals surface area contributed by atoms with E-state index in [9.17, 15) is 4.79 Å². The molecule has 0 aliphatic rings. The number of hydrogen-bond acceptors (Lipinski definition) is 6. The molecule has 124 valence electrons. The molecule has 0 aromatic carbocycles. The van der Waals surface area contributed by atoms with Gasteiger partial charge in [0.1, 0.15) is 18.3 Å². The fourth-order valence-corrected chi connectivity index (χ4v) is 1.78. The smallest absolute Gasteiger partial charge is 0.407 e. The SMILES string of the molecule is CC(C)(C)OC(=O)NCCCNc1ccc(-n2cncn2)nc1. The van der Waals surface area contributed by atoms with E-state index < -0.39 is 11.7 Å². The highest BCUT2D eigenvalue weighted by Gasteiger charge is 2.15. The molecule has 0 bridgehead atoms. The lowest BCUT2D eigenvalue weighted by Crippen LogP contribution is -2.33. The van der Waals surface area contributed by atoms with Crippen molar-refractivity contribution in [3.05, 3.63) is 31.0 Å². The minimum atomic E-state index is -0.472.